The molecule has 5 nitrogen and oxygen atoms in total. The summed E-state index contributed by atoms with van der Waals surface area (Å²) in [6.45, 7) is 3.16. The highest BCUT2D eigenvalue weighted by atomic mass is 32.1. The van der Waals surface area contributed by atoms with Crippen LogP contribution in [0.25, 0.3) is 0 Å². The Morgan fingerprint density at radius 1 is 1.21 bits per heavy atom. The second kappa shape index (κ2) is 8.12. The summed E-state index contributed by atoms with van der Waals surface area (Å²) >= 11 is 1.76. The minimum atomic E-state index is 0.0826. The van der Waals surface area contributed by atoms with Crippen molar-refractivity contribution in [3.05, 3.63) is 21.9 Å². The van der Waals surface area contributed by atoms with Crippen molar-refractivity contribution in [3.63, 3.8) is 0 Å². The Labute approximate surface area is 147 Å². The second-order valence-corrected chi connectivity index (χ2v) is 7.80. The van der Waals surface area contributed by atoms with E-state index in [0.29, 0.717) is 25.3 Å². The molecule has 0 aliphatic carbocycles. The van der Waals surface area contributed by atoms with Crippen molar-refractivity contribution < 1.29 is 14.7 Å². The number of likely N-dealkylation sites (tertiary alicyclic amines) is 1. The summed E-state index contributed by atoms with van der Waals surface area (Å²) in [6, 6.07) is 2.10. The number of piperidine rings is 1. The van der Waals surface area contributed by atoms with Crippen molar-refractivity contribution >= 4 is 23.2 Å². The van der Waals surface area contributed by atoms with Gasteiger partial charge in [-0.2, -0.15) is 0 Å². The van der Waals surface area contributed by atoms with Crippen molar-refractivity contribution in [2.75, 3.05) is 26.2 Å². The molecule has 0 radical (unpaired) electrons. The molecular formula is C18H26N2O3S. The summed E-state index contributed by atoms with van der Waals surface area (Å²) in [7, 11) is 0. The first-order chi connectivity index (χ1) is 11.7. The van der Waals surface area contributed by atoms with Gasteiger partial charge in [-0.25, -0.2) is 0 Å². The monoisotopic (exact) mass is 350 g/mol. The first-order valence-electron chi connectivity index (χ1n) is 8.89. The molecule has 1 N–H and O–H groups in total. The van der Waals surface area contributed by atoms with Crippen LogP contribution in [-0.2, 0) is 22.6 Å². The Morgan fingerprint density at radius 2 is 2.00 bits per heavy atom. The predicted molar refractivity (Wildman–Crippen MR) is 93.7 cm³/mol. The zero-order chi connectivity index (χ0) is 16.9. The Hall–Kier alpha value is -1.40. The number of fused-ring (bicyclic) bond motifs is 1. The highest BCUT2D eigenvalue weighted by Crippen LogP contribution is 2.25. The molecule has 1 atom stereocenters. The van der Waals surface area contributed by atoms with E-state index in [1.807, 2.05) is 9.80 Å². The lowest BCUT2D eigenvalue weighted by atomic mass is 9.95. The third-order valence-corrected chi connectivity index (χ3v) is 6.15. The SMILES string of the molecule is O=C(CCC(=O)N1CCC[C@@H](CCO)C1)N1CCc2sccc2C1. The number of carbonyl (C=O) groups is 2. The van der Waals surface area contributed by atoms with Crippen LogP contribution < -0.4 is 0 Å². The first kappa shape index (κ1) is 17.4. The van der Waals surface area contributed by atoms with Crippen molar-refractivity contribution in [1.29, 1.82) is 0 Å². The van der Waals surface area contributed by atoms with Crippen molar-refractivity contribution in [3.8, 4) is 0 Å². The van der Waals surface area contributed by atoms with E-state index < -0.39 is 0 Å². The largest absolute Gasteiger partial charge is 0.396 e. The maximum absolute atomic E-state index is 12.4. The molecule has 1 fully saturated rings. The van der Waals surface area contributed by atoms with Gasteiger partial charge in [0.2, 0.25) is 11.8 Å². The van der Waals surface area contributed by atoms with Gasteiger partial charge in [0.05, 0.1) is 0 Å². The molecule has 6 heteroatoms. The molecule has 2 aliphatic heterocycles. The molecule has 24 heavy (non-hydrogen) atoms. The van der Waals surface area contributed by atoms with Gasteiger partial charge in [0.1, 0.15) is 0 Å². The Balaban J connectivity index is 1.45. The number of hydrogen-bond acceptors (Lipinski definition) is 4. The zero-order valence-electron chi connectivity index (χ0n) is 14.1. The molecular weight excluding hydrogens is 324 g/mol. The van der Waals surface area contributed by atoms with Gasteiger partial charge in [0.15, 0.2) is 0 Å². The number of thiophene rings is 1. The minimum Gasteiger partial charge on any atom is -0.396 e. The van der Waals surface area contributed by atoms with Gasteiger partial charge in [-0.15, -0.1) is 11.3 Å². The lowest BCUT2D eigenvalue weighted by molar-refractivity contribution is -0.138. The topological polar surface area (TPSA) is 60.9 Å². The highest BCUT2D eigenvalue weighted by molar-refractivity contribution is 7.10. The van der Waals surface area contributed by atoms with Gasteiger partial charge in [-0.05, 0) is 48.6 Å². The first-order valence-corrected chi connectivity index (χ1v) is 9.77. The lowest BCUT2D eigenvalue weighted by Crippen LogP contribution is -2.41. The van der Waals surface area contributed by atoms with E-state index in [1.165, 1.54) is 10.4 Å². The minimum absolute atomic E-state index is 0.0826. The van der Waals surface area contributed by atoms with E-state index in [0.717, 1.165) is 45.3 Å². The number of aliphatic hydroxyl groups is 1. The van der Waals surface area contributed by atoms with E-state index in [2.05, 4.69) is 11.4 Å². The molecule has 1 saturated heterocycles. The van der Waals surface area contributed by atoms with Gasteiger partial charge in [-0.1, -0.05) is 0 Å². The molecule has 2 amide bonds. The predicted octanol–water partition coefficient (Wildman–Crippen LogP) is 2.03. The van der Waals surface area contributed by atoms with Crippen LogP contribution in [0.3, 0.4) is 0 Å². The smallest absolute Gasteiger partial charge is 0.223 e. The summed E-state index contributed by atoms with van der Waals surface area (Å²) in [5.41, 5.74) is 1.26. The summed E-state index contributed by atoms with van der Waals surface area (Å²) in [5, 5.41) is 11.1. The maximum Gasteiger partial charge on any atom is 0.223 e. The van der Waals surface area contributed by atoms with Gasteiger partial charge >= 0.3 is 0 Å². The Kier molecular flexibility index (Phi) is 5.89. The van der Waals surface area contributed by atoms with Crippen LogP contribution in [0.15, 0.2) is 11.4 Å². The lowest BCUT2D eigenvalue weighted by Gasteiger charge is -2.33. The Morgan fingerprint density at radius 3 is 2.79 bits per heavy atom. The van der Waals surface area contributed by atoms with Crippen LogP contribution in [0, 0.1) is 5.92 Å². The molecule has 2 aliphatic rings. The Bertz CT molecular complexity index is 585. The van der Waals surface area contributed by atoms with E-state index in [4.69, 9.17) is 5.11 Å². The van der Waals surface area contributed by atoms with E-state index in [-0.39, 0.29) is 18.4 Å². The van der Waals surface area contributed by atoms with Gasteiger partial charge in [0.25, 0.3) is 0 Å². The standard InChI is InChI=1S/C18H26N2O3S/c21-10-6-14-2-1-8-19(12-14)17(22)3-4-18(23)20-9-5-16-15(13-20)7-11-24-16/h7,11,14,21H,1-6,8-10,12-13H2/t14-/m0/s1. The normalized spacial score (nSPS) is 20.8. The number of nitrogens with zero attached hydrogens (tertiary/aromatic N) is 2. The van der Waals surface area contributed by atoms with E-state index in [1.54, 1.807) is 11.3 Å². The molecule has 0 spiro atoms. The van der Waals surface area contributed by atoms with Crippen LogP contribution in [0.4, 0.5) is 0 Å². The highest BCUT2D eigenvalue weighted by Gasteiger charge is 2.25. The summed E-state index contributed by atoms with van der Waals surface area (Å²) in [4.78, 5) is 29.9. The summed E-state index contributed by atoms with van der Waals surface area (Å²) in [5.74, 6) is 0.575. The van der Waals surface area contributed by atoms with Gasteiger partial charge in [0, 0.05) is 50.5 Å². The third-order valence-electron chi connectivity index (χ3n) is 5.12. The number of rotatable bonds is 5. The van der Waals surface area contributed by atoms with Crippen molar-refractivity contribution in [1.82, 2.24) is 9.80 Å². The third kappa shape index (κ3) is 4.16. The van der Waals surface area contributed by atoms with Crippen LogP contribution in [0.1, 0.15) is 42.5 Å². The summed E-state index contributed by atoms with van der Waals surface area (Å²) < 4.78 is 0. The summed E-state index contributed by atoms with van der Waals surface area (Å²) in [6.07, 6.45) is 4.38. The fraction of sp³-hybridized carbons (Fsp3) is 0.667. The number of carbonyl (C=O) groups excluding carboxylic acids is 2. The molecule has 1 aromatic rings. The number of aliphatic hydroxyl groups excluding tert-OH is 1. The molecule has 0 saturated carbocycles. The fourth-order valence-corrected chi connectivity index (χ4v) is 4.59. The molecule has 3 rings (SSSR count). The molecule has 132 valence electrons. The van der Waals surface area contributed by atoms with Crippen LogP contribution in [0.2, 0.25) is 0 Å². The number of hydrogen-bond donors (Lipinski definition) is 1. The average molecular weight is 350 g/mol. The maximum atomic E-state index is 12.4. The zero-order valence-corrected chi connectivity index (χ0v) is 14.9. The fourth-order valence-electron chi connectivity index (χ4n) is 3.70. The molecule has 0 unspecified atom stereocenters. The van der Waals surface area contributed by atoms with Crippen LogP contribution in [-0.4, -0.2) is 53.0 Å². The van der Waals surface area contributed by atoms with E-state index >= 15 is 0 Å². The molecule has 1 aromatic heterocycles. The quantitative estimate of drug-likeness (QED) is 0.884. The van der Waals surface area contributed by atoms with Crippen LogP contribution >= 0.6 is 11.3 Å². The van der Waals surface area contributed by atoms with Gasteiger partial charge in [-0.3, -0.25) is 9.59 Å². The molecule has 0 aromatic carbocycles. The number of amides is 2. The molecule has 3 heterocycles. The average Bonchev–Trinajstić information content (AvgIpc) is 3.07. The van der Waals surface area contributed by atoms with Crippen LogP contribution in [0.5, 0.6) is 0 Å². The van der Waals surface area contributed by atoms with Crippen molar-refractivity contribution in [2.45, 2.75) is 45.1 Å². The molecule has 0 bridgehead atoms. The van der Waals surface area contributed by atoms with E-state index in [9.17, 15) is 9.59 Å². The van der Waals surface area contributed by atoms with Crippen molar-refractivity contribution in [2.24, 2.45) is 5.92 Å². The second-order valence-electron chi connectivity index (χ2n) is 6.79. The van der Waals surface area contributed by atoms with Gasteiger partial charge < -0.3 is 14.9 Å².